The van der Waals surface area contributed by atoms with Crippen LogP contribution >= 0.6 is 0 Å². The summed E-state index contributed by atoms with van der Waals surface area (Å²) in [5.41, 5.74) is -2.04. The number of Topliss-reactive ketones (excluding diaryl/α,β-unsaturated/α-hetero) is 1. The summed E-state index contributed by atoms with van der Waals surface area (Å²) in [6.07, 6.45) is 1.91. The molecule has 3 aliphatic rings. The third kappa shape index (κ3) is 2.20. The molecule has 2 bridgehead atoms. The molecule has 2 atom stereocenters. The zero-order valence-corrected chi connectivity index (χ0v) is 14.6. The fraction of sp³-hybridized carbons (Fsp3) is 0.421. The highest BCUT2D eigenvalue weighted by atomic mass is 16.7. The van der Waals surface area contributed by atoms with E-state index in [1.807, 2.05) is 6.92 Å². The number of ether oxygens (including phenoxy) is 3. The first-order chi connectivity index (χ1) is 12.4. The largest absolute Gasteiger partial charge is 0.465 e. The number of carbonyl (C=O) groups excluding carboxylic acids is 2. The number of esters is 1. The molecule has 0 radical (unpaired) electrons. The minimum Gasteiger partial charge on any atom is -0.465 e. The molecule has 1 aromatic rings. The van der Waals surface area contributed by atoms with Gasteiger partial charge in [0, 0.05) is 12.0 Å². The molecule has 0 aromatic heterocycles. The lowest BCUT2D eigenvalue weighted by Gasteiger charge is -2.27. The van der Waals surface area contributed by atoms with Crippen molar-refractivity contribution < 1.29 is 28.9 Å². The first-order valence-electron chi connectivity index (χ1n) is 8.51. The van der Waals surface area contributed by atoms with Gasteiger partial charge >= 0.3 is 5.97 Å². The lowest BCUT2D eigenvalue weighted by molar-refractivity contribution is -0.159. The molecule has 2 unspecified atom stereocenters. The second kappa shape index (κ2) is 5.67. The number of fused-ring (bicyclic) bond motifs is 3. The van der Waals surface area contributed by atoms with Gasteiger partial charge < -0.3 is 19.3 Å². The lowest BCUT2D eigenvalue weighted by atomic mass is 9.72. The minimum atomic E-state index is -1.96. The van der Waals surface area contributed by atoms with Crippen LogP contribution < -0.4 is 9.47 Å². The quantitative estimate of drug-likeness (QED) is 0.503. The number of rotatable bonds is 3. The fourth-order valence-electron chi connectivity index (χ4n) is 3.76. The number of hydrogen-bond donors (Lipinski definition) is 1. The van der Waals surface area contributed by atoms with Crippen molar-refractivity contribution in [2.75, 3.05) is 13.4 Å². The Morgan fingerprint density at radius 1 is 1.35 bits per heavy atom. The Morgan fingerprint density at radius 3 is 2.88 bits per heavy atom. The van der Waals surface area contributed by atoms with E-state index in [2.05, 4.69) is 4.99 Å². The van der Waals surface area contributed by atoms with Gasteiger partial charge in [0.1, 0.15) is 0 Å². The molecule has 4 rings (SSSR count). The smallest absolute Gasteiger partial charge is 0.326 e. The average molecular weight is 357 g/mol. The van der Waals surface area contributed by atoms with Crippen LogP contribution in [0, 0.1) is 5.41 Å². The van der Waals surface area contributed by atoms with E-state index in [1.54, 1.807) is 31.2 Å². The predicted octanol–water partition coefficient (Wildman–Crippen LogP) is 1.77. The molecular formula is C19H19NO6. The van der Waals surface area contributed by atoms with Crippen molar-refractivity contribution in [3.05, 3.63) is 35.4 Å². The number of carbonyl (C=O) groups is 2. The van der Waals surface area contributed by atoms with E-state index in [0.717, 1.165) is 5.57 Å². The molecule has 1 N–H and O–H groups in total. The molecular weight excluding hydrogens is 338 g/mol. The van der Waals surface area contributed by atoms with Gasteiger partial charge in [-0.25, -0.2) is 4.99 Å². The molecule has 2 heterocycles. The van der Waals surface area contributed by atoms with Gasteiger partial charge in [0.2, 0.25) is 18.3 Å². The van der Waals surface area contributed by atoms with E-state index in [4.69, 9.17) is 14.2 Å². The normalized spacial score (nSPS) is 29.1. The zero-order chi connectivity index (χ0) is 18.5. The standard InChI is InChI=1S/C19H19NO6/c1-3-24-17(22)18-9-11(2)6-7-19(23,16(18)21)20-15(18)12-4-5-13-14(8-12)26-10-25-13/h4-6,8,23H,3,7,9-10H2,1-2H3. The lowest BCUT2D eigenvalue weighted by Crippen LogP contribution is -2.49. The highest BCUT2D eigenvalue weighted by Crippen LogP contribution is 2.48. The second-order valence-corrected chi connectivity index (χ2v) is 6.73. The van der Waals surface area contributed by atoms with Crippen molar-refractivity contribution in [2.24, 2.45) is 10.4 Å². The summed E-state index contributed by atoms with van der Waals surface area (Å²) >= 11 is 0. The van der Waals surface area contributed by atoms with Crippen LogP contribution in [0.3, 0.4) is 0 Å². The van der Waals surface area contributed by atoms with E-state index >= 15 is 0 Å². The molecule has 0 saturated heterocycles. The summed E-state index contributed by atoms with van der Waals surface area (Å²) in [6, 6.07) is 5.08. The summed E-state index contributed by atoms with van der Waals surface area (Å²) in [7, 11) is 0. The van der Waals surface area contributed by atoms with Gasteiger partial charge in [-0.1, -0.05) is 11.6 Å². The van der Waals surface area contributed by atoms with E-state index in [1.165, 1.54) is 0 Å². The Kier molecular flexibility index (Phi) is 3.66. The summed E-state index contributed by atoms with van der Waals surface area (Å²) in [4.78, 5) is 30.4. The second-order valence-electron chi connectivity index (χ2n) is 6.73. The van der Waals surface area contributed by atoms with Crippen LogP contribution in [-0.4, -0.2) is 41.7 Å². The van der Waals surface area contributed by atoms with Crippen LogP contribution in [0.15, 0.2) is 34.8 Å². The van der Waals surface area contributed by atoms with Gasteiger partial charge in [-0.2, -0.15) is 0 Å². The Labute approximate surface area is 150 Å². The summed E-state index contributed by atoms with van der Waals surface area (Å²) in [6.45, 7) is 3.75. The van der Waals surface area contributed by atoms with Gasteiger partial charge in [0.25, 0.3) is 0 Å². The van der Waals surface area contributed by atoms with E-state index in [-0.39, 0.29) is 32.0 Å². The van der Waals surface area contributed by atoms with E-state index in [9.17, 15) is 14.7 Å². The summed E-state index contributed by atoms with van der Waals surface area (Å²) < 4.78 is 15.9. The molecule has 7 heteroatoms. The molecule has 1 aliphatic carbocycles. The third-order valence-electron chi connectivity index (χ3n) is 5.00. The van der Waals surface area contributed by atoms with Gasteiger partial charge in [0.05, 0.1) is 12.3 Å². The molecule has 0 amide bonds. The molecule has 26 heavy (non-hydrogen) atoms. The van der Waals surface area contributed by atoms with E-state index < -0.39 is 22.9 Å². The summed E-state index contributed by atoms with van der Waals surface area (Å²) in [5.74, 6) is -0.231. The van der Waals surface area contributed by atoms with Crippen molar-refractivity contribution in [1.29, 1.82) is 0 Å². The highest BCUT2D eigenvalue weighted by molar-refractivity contribution is 6.34. The minimum absolute atomic E-state index is 0.0346. The van der Waals surface area contributed by atoms with Gasteiger partial charge in [-0.15, -0.1) is 0 Å². The fourth-order valence-corrected chi connectivity index (χ4v) is 3.76. The molecule has 0 fully saturated rings. The first-order valence-corrected chi connectivity index (χ1v) is 8.51. The topological polar surface area (TPSA) is 94.4 Å². The van der Waals surface area contributed by atoms with Gasteiger partial charge in [0.15, 0.2) is 16.9 Å². The maximum atomic E-state index is 13.2. The Morgan fingerprint density at radius 2 is 2.12 bits per heavy atom. The monoisotopic (exact) mass is 357 g/mol. The number of aliphatic hydroxyl groups is 1. The van der Waals surface area contributed by atoms with Gasteiger partial charge in [-0.3, -0.25) is 9.59 Å². The van der Waals surface area contributed by atoms with Crippen LogP contribution in [0.25, 0.3) is 0 Å². The van der Waals surface area contributed by atoms with Crippen molar-refractivity contribution in [3.63, 3.8) is 0 Å². The van der Waals surface area contributed by atoms with E-state index in [0.29, 0.717) is 17.1 Å². The number of hydrogen-bond acceptors (Lipinski definition) is 7. The average Bonchev–Trinajstić information content (AvgIpc) is 3.14. The van der Waals surface area contributed by atoms with Crippen LogP contribution in [0.1, 0.15) is 32.3 Å². The maximum absolute atomic E-state index is 13.2. The maximum Gasteiger partial charge on any atom is 0.326 e. The van der Waals surface area contributed by atoms with Crippen LogP contribution in [0.2, 0.25) is 0 Å². The van der Waals surface area contributed by atoms with Gasteiger partial charge in [-0.05, 0) is 38.5 Å². The first kappa shape index (κ1) is 16.8. The van der Waals surface area contributed by atoms with Crippen molar-refractivity contribution >= 4 is 17.5 Å². The zero-order valence-electron chi connectivity index (χ0n) is 14.6. The van der Waals surface area contributed by atoms with Crippen molar-refractivity contribution in [3.8, 4) is 11.5 Å². The molecule has 136 valence electrons. The van der Waals surface area contributed by atoms with Crippen molar-refractivity contribution in [2.45, 2.75) is 32.4 Å². The summed E-state index contributed by atoms with van der Waals surface area (Å²) in [5, 5.41) is 10.9. The number of ketones is 1. The molecule has 0 spiro atoms. The van der Waals surface area contributed by atoms with Crippen LogP contribution in [0.5, 0.6) is 11.5 Å². The van der Waals surface area contributed by atoms with Crippen LogP contribution in [0.4, 0.5) is 0 Å². The third-order valence-corrected chi connectivity index (χ3v) is 5.00. The number of nitrogens with zero attached hydrogens (tertiary/aromatic N) is 1. The number of aliphatic imine (C=N–C) groups is 1. The molecule has 0 saturated carbocycles. The van der Waals surface area contributed by atoms with Crippen LogP contribution in [-0.2, 0) is 14.3 Å². The SMILES string of the molecule is CCOC(=O)C12CC(C)=CCC(O)(N=C1c1ccc3c(c1)OCO3)C2=O. The van der Waals surface area contributed by atoms with Crippen molar-refractivity contribution in [1.82, 2.24) is 0 Å². The Hall–Kier alpha value is -2.67. The number of benzene rings is 1. The molecule has 1 aromatic carbocycles. The molecule has 2 aliphatic heterocycles. The Balaban J connectivity index is 1.90. The molecule has 7 nitrogen and oxygen atoms in total. The number of allylic oxidation sites excluding steroid dienone is 1. The predicted molar refractivity (Wildman–Crippen MR) is 91.1 cm³/mol. The Bertz CT molecular complexity index is 873. The highest BCUT2D eigenvalue weighted by Gasteiger charge is 2.64.